The van der Waals surface area contributed by atoms with E-state index in [1.54, 1.807) is 49.5 Å². The fraction of sp³-hybridized carbons (Fsp3) is 0.0625. The molecule has 0 saturated heterocycles. The van der Waals surface area contributed by atoms with Crippen molar-refractivity contribution in [2.24, 2.45) is 7.05 Å². The monoisotopic (exact) mass is 280 g/mol. The number of aromatic nitrogens is 2. The van der Waals surface area contributed by atoms with Gasteiger partial charge in [-0.15, -0.1) is 0 Å². The highest BCUT2D eigenvalue weighted by molar-refractivity contribution is 6.10. The van der Waals surface area contributed by atoms with E-state index in [0.29, 0.717) is 22.2 Å². The van der Waals surface area contributed by atoms with Gasteiger partial charge in [0.05, 0.1) is 11.0 Å². The van der Waals surface area contributed by atoms with Crippen molar-refractivity contribution in [3.8, 4) is 0 Å². The number of aromatic carboxylic acids is 1. The lowest BCUT2D eigenvalue weighted by atomic mass is 10.0. The van der Waals surface area contributed by atoms with Crippen LogP contribution < -0.4 is 0 Å². The van der Waals surface area contributed by atoms with Crippen LogP contribution in [0.25, 0.3) is 11.0 Å². The summed E-state index contributed by atoms with van der Waals surface area (Å²) >= 11 is 0. The smallest absolute Gasteiger partial charge is 0.372 e. The van der Waals surface area contributed by atoms with Crippen molar-refractivity contribution in [1.82, 2.24) is 9.55 Å². The average Bonchev–Trinajstić information content (AvgIpc) is 2.84. The maximum Gasteiger partial charge on any atom is 0.372 e. The Morgan fingerprint density at radius 1 is 1.05 bits per heavy atom. The number of benzene rings is 2. The highest BCUT2D eigenvalue weighted by Crippen LogP contribution is 2.19. The molecule has 0 bridgehead atoms. The van der Waals surface area contributed by atoms with Crippen LogP contribution in [-0.4, -0.2) is 26.4 Å². The summed E-state index contributed by atoms with van der Waals surface area (Å²) in [5, 5.41) is 9.07. The number of nitrogens with zero attached hydrogens (tertiary/aromatic N) is 2. The van der Waals surface area contributed by atoms with E-state index in [4.69, 9.17) is 5.11 Å². The molecule has 0 aliphatic rings. The Morgan fingerprint density at radius 3 is 2.43 bits per heavy atom. The van der Waals surface area contributed by atoms with Gasteiger partial charge in [0.25, 0.3) is 0 Å². The Hall–Kier alpha value is -2.95. The Morgan fingerprint density at radius 2 is 1.76 bits per heavy atom. The Labute approximate surface area is 120 Å². The van der Waals surface area contributed by atoms with Crippen molar-refractivity contribution in [2.45, 2.75) is 0 Å². The number of hydrogen-bond donors (Lipinski definition) is 1. The molecule has 104 valence electrons. The third-order valence-corrected chi connectivity index (χ3v) is 3.37. The van der Waals surface area contributed by atoms with Gasteiger partial charge in [-0.3, -0.25) is 4.79 Å². The Balaban J connectivity index is 2.10. The van der Waals surface area contributed by atoms with E-state index in [0.717, 1.165) is 0 Å². The molecule has 1 heterocycles. The lowest BCUT2D eigenvalue weighted by molar-refractivity contribution is 0.0680. The van der Waals surface area contributed by atoms with Crippen LogP contribution in [0, 0.1) is 0 Å². The van der Waals surface area contributed by atoms with Gasteiger partial charge in [-0.2, -0.15) is 0 Å². The summed E-state index contributed by atoms with van der Waals surface area (Å²) in [5.74, 6) is -1.25. The van der Waals surface area contributed by atoms with E-state index >= 15 is 0 Å². The molecule has 0 fully saturated rings. The van der Waals surface area contributed by atoms with E-state index in [9.17, 15) is 9.59 Å². The molecule has 0 aliphatic carbocycles. The van der Waals surface area contributed by atoms with Gasteiger partial charge in [-0.1, -0.05) is 30.3 Å². The van der Waals surface area contributed by atoms with Crippen molar-refractivity contribution in [2.75, 3.05) is 0 Å². The number of imidazole rings is 1. The highest BCUT2D eigenvalue weighted by atomic mass is 16.4. The number of carboxylic acids is 1. The number of carbonyl (C=O) groups is 2. The van der Waals surface area contributed by atoms with Crippen molar-refractivity contribution >= 4 is 22.8 Å². The van der Waals surface area contributed by atoms with Gasteiger partial charge in [0.2, 0.25) is 5.82 Å². The van der Waals surface area contributed by atoms with E-state index in [-0.39, 0.29) is 11.6 Å². The average molecular weight is 280 g/mol. The van der Waals surface area contributed by atoms with Crippen LogP contribution in [0.2, 0.25) is 0 Å². The van der Waals surface area contributed by atoms with Gasteiger partial charge in [0.1, 0.15) is 0 Å². The van der Waals surface area contributed by atoms with Crippen LogP contribution >= 0.6 is 0 Å². The van der Waals surface area contributed by atoms with Crippen LogP contribution in [0.4, 0.5) is 0 Å². The minimum absolute atomic E-state index is 0.0469. The van der Waals surface area contributed by atoms with Crippen LogP contribution in [0.1, 0.15) is 26.5 Å². The molecule has 3 rings (SSSR count). The zero-order valence-electron chi connectivity index (χ0n) is 11.3. The first-order valence-electron chi connectivity index (χ1n) is 6.37. The second-order valence-electron chi connectivity index (χ2n) is 4.70. The second-order valence-corrected chi connectivity index (χ2v) is 4.70. The topological polar surface area (TPSA) is 72.2 Å². The molecule has 0 atom stereocenters. The number of fused-ring (bicyclic) bond motifs is 1. The third kappa shape index (κ3) is 2.18. The molecule has 3 aromatic rings. The van der Waals surface area contributed by atoms with Gasteiger partial charge >= 0.3 is 5.97 Å². The SMILES string of the molecule is Cn1c(C(=O)O)nc2cc(C(=O)c3ccccc3)ccc21. The zero-order valence-corrected chi connectivity index (χ0v) is 11.3. The molecule has 0 radical (unpaired) electrons. The molecule has 1 aromatic heterocycles. The standard InChI is InChI=1S/C16H12N2O3/c1-18-13-8-7-11(9-12(13)17-15(18)16(20)21)14(19)10-5-3-2-4-6-10/h2-9H,1H3,(H,20,21). The molecule has 21 heavy (non-hydrogen) atoms. The molecular weight excluding hydrogens is 268 g/mol. The third-order valence-electron chi connectivity index (χ3n) is 3.37. The number of ketones is 1. The number of carbonyl (C=O) groups excluding carboxylic acids is 1. The van der Waals surface area contributed by atoms with Gasteiger partial charge in [-0.25, -0.2) is 9.78 Å². The van der Waals surface area contributed by atoms with Crippen molar-refractivity contribution in [1.29, 1.82) is 0 Å². The fourth-order valence-corrected chi connectivity index (χ4v) is 2.29. The van der Waals surface area contributed by atoms with Crippen LogP contribution in [-0.2, 0) is 7.05 Å². The van der Waals surface area contributed by atoms with Gasteiger partial charge in [0.15, 0.2) is 5.78 Å². The summed E-state index contributed by atoms with van der Waals surface area (Å²) in [7, 11) is 1.64. The molecule has 0 unspecified atom stereocenters. The number of carboxylic acid groups (broad SMARTS) is 1. The summed E-state index contributed by atoms with van der Waals surface area (Å²) in [4.78, 5) is 27.5. The van der Waals surface area contributed by atoms with Gasteiger partial charge < -0.3 is 9.67 Å². The first-order chi connectivity index (χ1) is 10.1. The largest absolute Gasteiger partial charge is 0.475 e. The molecule has 5 heteroatoms. The first kappa shape index (κ1) is 13.1. The molecule has 2 aromatic carbocycles. The lowest BCUT2D eigenvalue weighted by Crippen LogP contribution is -2.05. The summed E-state index contributed by atoms with van der Waals surface area (Å²) in [6.45, 7) is 0. The van der Waals surface area contributed by atoms with Gasteiger partial charge in [0, 0.05) is 18.2 Å². The highest BCUT2D eigenvalue weighted by Gasteiger charge is 2.16. The maximum absolute atomic E-state index is 12.4. The van der Waals surface area contributed by atoms with E-state index < -0.39 is 5.97 Å². The van der Waals surface area contributed by atoms with Gasteiger partial charge in [-0.05, 0) is 18.2 Å². The van der Waals surface area contributed by atoms with Crippen LogP contribution in [0.3, 0.4) is 0 Å². The Kier molecular flexibility index (Phi) is 3.02. The van der Waals surface area contributed by atoms with E-state index in [2.05, 4.69) is 4.98 Å². The predicted molar refractivity (Wildman–Crippen MR) is 77.5 cm³/mol. The normalized spacial score (nSPS) is 10.7. The van der Waals surface area contributed by atoms with E-state index in [1.165, 1.54) is 4.57 Å². The number of aryl methyl sites for hydroxylation is 1. The number of rotatable bonds is 3. The summed E-state index contributed by atoms with van der Waals surface area (Å²) < 4.78 is 1.49. The lowest BCUT2D eigenvalue weighted by Gasteiger charge is -2.01. The second kappa shape index (κ2) is 4.86. The van der Waals surface area contributed by atoms with E-state index in [1.807, 2.05) is 6.07 Å². The molecule has 1 N–H and O–H groups in total. The zero-order chi connectivity index (χ0) is 15.0. The molecule has 0 aliphatic heterocycles. The maximum atomic E-state index is 12.4. The first-order valence-corrected chi connectivity index (χ1v) is 6.37. The molecule has 0 saturated carbocycles. The minimum atomic E-state index is -1.09. The summed E-state index contributed by atoms with van der Waals surface area (Å²) in [6, 6.07) is 14.0. The van der Waals surface area contributed by atoms with Crippen molar-refractivity contribution < 1.29 is 14.7 Å². The van der Waals surface area contributed by atoms with Crippen LogP contribution in [0.5, 0.6) is 0 Å². The molecule has 0 spiro atoms. The Bertz CT molecular complexity index is 851. The van der Waals surface area contributed by atoms with Crippen molar-refractivity contribution in [3.63, 3.8) is 0 Å². The molecule has 0 amide bonds. The summed E-state index contributed by atoms with van der Waals surface area (Å²) in [6.07, 6.45) is 0. The van der Waals surface area contributed by atoms with Crippen molar-refractivity contribution in [3.05, 3.63) is 65.5 Å². The van der Waals surface area contributed by atoms with Crippen LogP contribution in [0.15, 0.2) is 48.5 Å². The molecule has 5 nitrogen and oxygen atoms in total. The fourth-order valence-electron chi connectivity index (χ4n) is 2.29. The predicted octanol–water partition coefficient (Wildman–Crippen LogP) is 2.50. The molecular formula is C16H12N2O3. The summed E-state index contributed by atoms with van der Waals surface area (Å²) in [5.41, 5.74) is 2.25. The quantitative estimate of drug-likeness (QED) is 0.748. The minimum Gasteiger partial charge on any atom is -0.475 e. The number of hydrogen-bond acceptors (Lipinski definition) is 3.